The van der Waals surface area contributed by atoms with Crippen LogP contribution in [0, 0.1) is 0 Å². The molecule has 0 spiro atoms. The van der Waals surface area contributed by atoms with Crippen molar-refractivity contribution < 1.29 is 9.15 Å². The number of aromatic nitrogens is 1. The van der Waals surface area contributed by atoms with Gasteiger partial charge in [-0.15, -0.1) is 0 Å². The highest BCUT2D eigenvalue weighted by atomic mass is 32.1. The van der Waals surface area contributed by atoms with Crippen LogP contribution in [0.15, 0.2) is 89.5 Å². The number of nitrogens with one attached hydrogen (secondary N) is 1. The average Bonchev–Trinajstić information content (AvgIpc) is 3.50. The van der Waals surface area contributed by atoms with Gasteiger partial charge in [-0.05, 0) is 91.8 Å². The Bertz CT molecular complexity index is 1250. The molecule has 172 valence electrons. The summed E-state index contributed by atoms with van der Waals surface area (Å²) in [6, 6.07) is 26.2. The van der Waals surface area contributed by atoms with Crippen LogP contribution in [0.5, 0.6) is 5.75 Å². The summed E-state index contributed by atoms with van der Waals surface area (Å²) in [6.07, 6.45) is 2.80. The second-order valence-corrected chi connectivity index (χ2v) is 8.56. The minimum atomic E-state index is -0.175. The number of aryl methyl sites for hydroxylation is 1. The second-order valence-electron chi connectivity index (χ2n) is 8.18. The first kappa shape index (κ1) is 22.2. The minimum Gasteiger partial charge on any atom is -0.494 e. The summed E-state index contributed by atoms with van der Waals surface area (Å²) in [5, 5.41) is 4.14. The van der Waals surface area contributed by atoms with Crippen LogP contribution in [0.3, 0.4) is 0 Å². The van der Waals surface area contributed by atoms with Crippen molar-refractivity contribution in [3.63, 3.8) is 0 Å². The molecule has 0 saturated carbocycles. The fraction of sp³-hybridized carbons (Fsp3) is 0.214. The second kappa shape index (κ2) is 9.69. The van der Waals surface area contributed by atoms with Crippen LogP contribution < -0.4 is 15.0 Å². The third-order valence-electron chi connectivity index (χ3n) is 6.09. The molecule has 2 aromatic carbocycles. The molecule has 0 aliphatic carbocycles. The standard InChI is InChI=1S/C28H27N3O2S/c1-3-19-8-12-21(13-9-19)31-27(26(30-28(31)34)23-7-5-6-18-29-23)25-17-16-24(33-25)20-10-14-22(15-11-20)32-4-2/h5-18,26-27H,3-4H2,1-2H3,(H,30,34)/t26-,27-/m0/s1. The molecule has 0 radical (unpaired) electrons. The highest BCUT2D eigenvalue weighted by molar-refractivity contribution is 7.80. The number of furan rings is 1. The van der Waals surface area contributed by atoms with Gasteiger partial charge in [0.25, 0.3) is 0 Å². The van der Waals surface area contributed by atoms with Crippen molar-refractivity contribution in [2.75, 3.05) is 11.5 Å². The average molecular weight is 470 g/mol. The summed E-state index contributed by atoms with van der Waals surface area (Å²) in [5.41, 5.74) is 4.23. The molecule has 0 bridgehead atoms. The molecular weight excluding hydrogens is 442 g/mol. The van der Waals surface area contributed by atoms with Gasteiger partial charge in [0.1, 0.15) is 23.3 Å². The fourth-order valence-corrected chi connectivity index (χ4v) is 4.71. The van der Waals surface area contributed by atoms with E-state index in [1.807, 2.05) is 67.7 Å². The first-order valence-electron chi connectivity index (χ1n) is 11.6. The SMILES string of the molecule is CCOc1ccc(-c2ccc([C@H]3[C@H](c4ccccn4)NC(=S)N3c3ccc(CC)cc3)o2)cc1. The number of thiocarbonyl (C=S) groups is 1. The van der Waals surface area contributed by atoms with Gasteiger partial charge in [-0.2, -0.15) is 0 Å². The molecule has 0 unspecified atom stereocenters. The zero-order valence-corrected chi connectivity index (χ0v) is 20.1. The monoisotopic (exact) mass is 469 g/mol. The lowest BCUT2D eigenvalue weighted by molar-refractivity contribution is 0.340. The number of pyridine rings is 1. The third kappa shape index (κ3) is 4.29. The molecule has 1 aliphatic heterocycles. The molecule has 2 atom stereocenters. The van der Waals surface area contributed by atoms with E-state index < -0.39 is 0 Å². The summed E-state index contributed by atoms with van der Waals surface area (Å²) in [6.45, 7) is 4.78. The Morgan fingerprint density at radius 1 is 0.971 bits per heavy atom. The van der Waals surface area contributed by atoms with Crippen LogP contribution in [-0.4, -0.2) is 16.7 Å². The number of hydrogen-bond acceptors (Lipinski definition) is 4. The smallest absolute Gasteiger partial charge is 0.174 e. The Morgan fingerprint density at radius 3 is 2.44 bits per heavy atom. The molecule has 1 fully saturated rings. The summed E-state index contributed by atoms with van der Waals surface area (Å²) < 4.78 is 12.0. The number of rotatable bonds is 7. The molecule has 5 nitrogen and oxygen atoms in total. The third-order valence-corrected chi connectivity index (χ3v) is 6.40. The number of hydrogen-bond donors (Lipinski definition) is 1. The van der Waals surface area contributed by atoms with E-state index in [0.717, 1.165) is 40.6 Å². The topological polar surface area (TPSA) is 50.5 Å². The van der Waals surface area contributed by atoms with Gasteiger partial charge in [-0.1, -0.05) is 25.1 Å². The summed E-state index contributed by atoms with van der Waals surface area (Å²) >= 11 is 5.81. The minimum absolute atomic E-state index is 0.140. The van der Waals surface area contributed by atoms with Crippen molar-refractivity contribution in [2.24, 2.45) is 0 Å². The van der Waals surface area contributed by atoms with Crippen LogP contribution in [0.2, 0.25) is 0 Å². The quantitative estimate of drug-likeness (QED) is 0.313. The normalized spacial score (nSPS) is 17.6. The van der Waals surface area contributed by atoms with Crippen LogP contribution in [0.4, 0.5) is 5.69 Å². The summed E-state index contributed by atoms with van der Waals surface area (Å²) in [5.74, 6) is 2.48. The lowest BCUT2D eigenvalue weighted by atomic mass is 10.0. The van der Waals surface area contributed by atoms with Gasteiger partial charge in [0.05, 0.1) is 18.3 Å². The predicted molar refractivity (Wildman–Crippen MR) is 139 cm³/mol. The van der Waals surface area contributed by atoms with Crippen molar-refractivity contribution in [3.05, 3.63) is 102 Å². The van der Waals surface area contributed by atoms with E-state index >= 15 is 0 Å². The zero-order valence-electron chi connectivity index (χ0n) is 19.3. The number of anilines is 1. The largest absolute Gasteiger partial charge is 0.494 e. The molecule has 34 heavy (non-hydrogen) atoms. The van der Waals surface area contributed by atoms with Crippen molar-refractivity contribution in [3.8, 4) is 17.1 Å². The van der Waals surface area contributed by atoms with Gasteiger partial charge in [-0.3, -0.25) is 4.98 Å². The highest BCUT2D eigenvalue weighted by Gasteiger charge is 2.42. The molecule has 1 saturated heterocycles. The highest BCUT2D eigenvalue weighted by Crippen LogP contribution is 2.43. The maximum absolute atomic E-state index is 6.44. The van der Waals surface area contributed by atoms with Gasteiger partial charge in [0.15, 0.2) is 5.11 Å². The Balaban J connectivity index is 1.53. The maximum atomic E-state index is 6.44. The molecule has 2 aromatic heterocycles. The van der Waals surface area contributed by atoms with Gasteiger partial charge >= 0.3 is 0 Å². The van der Waals surface area contributed by atoms with Crippen LogP contribution in [0.25, 0.3) is 11.3 Å². The molecule has 0 amide bonds. The maximum Gasteiger partial charge on any atom is 0.174 e. The number of ether oxygens (including phenoxy) is 1. The molecule has 3 heterocycles. The van der Waals surface area contributed by atoms with Crippen molar-refractivity contribution >= 4 is 23.0 Å². The number of nitrogens with zero attached hydrogens (tertiary/aromatic N) is 2. The van der Waals surface area contributed by atoms with E-state index in [2.05, 4.69) is 46.4 Å². The molecule has 1 N–H and O–H groups in total. The van der Waals surface area contributed by atoms with E-state index in [1.165, 1.54) is 5.56 Å². The van der Waals surface area contributed by atoms with Crippen LogP contribution in [-0.2, 0) is 6.42 Å². The Morgan fingerprint density at radius 2 is 1.76 bits per heavy atom. The van der Waals surface area contributed by atoms with E-state index in [1.54, 1.807) is 0 Å². The molecular formula is C28H27N3O2S. The summed E-state index contributed by atoms with van der Waals surface area (Å²) in [4.78, 5) is 6.75. The van der Waals surface area contributed by atoms with Gasteiger partial charge < -0.3 is 19.4 Å². The van der Waals surface area contributed by atoms with Crippen molar-refractivity contribution in [1.29, 1.82) is 0 Å². The van der Waals surface area contributed by atoms with Gasteiger partial charge in [0.2, 0.25) is 0 Å². The fourth-order valence-electron chi connectivity index (χ4n) is 4.36. The van der Waals surface area contributed by atoms with E-state index in [-0.39, 0.29) is 12.1 Å². The Hall–Kier alpha value is -3.64. The molecule has 4 aromatic rings. The van der Waals surface area contributed by atoms with Crippen molar-refractivity contribution in [1.82, 2.24) is 10.3 Å². The van der Waals surface area contributed by atoms with Gasteiger partial charge in [0, 0.05) is 17.4 Å². The molecule has 5 rings (SSSR count). The summed E-state index contributed by atoms with van der Waals surface area (Å²) in [7, 11) is 0. The van der Waals surface area contributed by atoms with E-state index in [9.17, 15) is 0 Å². The number of benzene rings is 2. The molecule has 1 aliphatic rings. The Kier molecular flexibility index (Phi) is 6.32. The molecule has 6 heteroatoms. The van der Waals surface area contributed by atoms with E-state index in [4.69, 9.17) is 21.4 Å². The lowest BCUT2D eigenvalue weighted by Crippen LogP contribution is -2.29. The Labute approximate surface area is 205 Å². The van der Waals surface area contributed by atoms with Gasteiger partial charge in [-0.25, -0.2) is 0 Å². The van der Waals surface area contributed by atoms with Crippen LogP contribution >= 0.6 is 12.2 Å². The lowest BCUT2D eigenvalue weighted by Gasteiger charge is -2.26. The van der Waals surface area contributed by atoms with E-state index in [0.29, 0.717) is 11.7 Å². The first-order chi connectivity index (χ1) is 16.7. The predicted octanol–water partition coefficient (Wildman–Crippen LogP) is 6.48. The van der Waals surface area contributed by atoms with Crippen LogP contribution in [0.1, 0.15) is 42.9 Å². The van der Waals surface area contributed by atoms with Crippen molar-refractivity contribution in [2.45, 2.75) is 32.4 Å². The first-order valence-corrected chi connectivity index (χ1v) is 12.0. The zero-order chi connectivity index (χ0) is 23.5.